The van der Waals surface area contributed by atoms with Gasteiger partial charge in [-0.25, -0.2) is 0 Å². The van der Waals surface area contributed by atoms with Crippen molar-refractivity contribution < 1.29 is 5.11 Å². The fourth-order valence-corrected chi connectivity index (χ4v) is 1.49. The number of hydrogen-bond acceptors (Lipinski definition) is 2. The molecule has 0 heterocycles. The highest BCUT2D eigenvalue weighted by Gasteiger charge is 2.41. The topological polar surface area (TPSA) is 32.3 Å². The van der Waals surface area contributed by atoms with Gasteiger partial charge < -0.3 is 10.4 Å². The van der Waals surface area contributed by atoms with Gasteiger partial charge in [0.1, 0.15) is 0 Å². The zero-order valence-electron chi connectivity index (χ0n) is 7.27. The molecule has 0 aromatic rings. The quantitative estimate of drug-likeness (QED) is 0.664. The lowest BCUT2D eigenvalue weighted by atomic mass is 10.0. The zero-order chi connectivity index (χ0) is 9.03. The summed E-state index contributed by atoms with van der Waals surface area (Å²) >= 11 is 5.60. The van der Waals surface area contributed by atoms with Crippen LogP contribution in [0, 0.1) is 5.41 Å². The van der Waals surface area contributed by atoms with E-state index in [0.29, 0.717) is 23.6 Å². The van der Waals surface area contributed by atoms with Crippen molar-refractivity contribution in [3.63, 3.8) is 0 Å². The summed E-state index contributed by atoms with van der Waals surface area (Å²) in [6.45, 7) is 5.52. The van der Waals surface area contributed by atoms with Gasteiger partial charge in [-0.3, -0.25) is 0 Å². The SMILES string of the molecule is C=C(Cl)CNCC1(CCO)CC1. The smallest absolute Gasteiger partial charge is 0.0436 e. The van der Waals surface area contributed by atoms with E-state index in [1.807, 2.05) is 0 Å². The zero-order valence-corrected chi connectivity index (χ0v) is 8.03. The van der Waals surface area contributed by atoms with Crippen LogP contribution in [0.15, 0.2) is 11.6 Å². The Labute approximate surface area is 78.6 Å². The number of hydrogen-bond donors (Lipinski definition) is 2. The van der Waals surface area contributed by atoms with Crippen LogP contribution in [0.3, 0.4) is 0 Å². The van der Waals surface area contributed by atoms with E-state index >= 15 is 0 Å². The summed E-state index contributed by atoms with van der Waals surface area (Å²) in [6.07, 6.45) is 3.37. The van der Waals surface area contributed by atoms with E-state index < -0.39 is 0 Å². The molecule has 1 fully saturated rings. The van der Waals surface area contributed by atoms with Crippen LogP contribution in [0.1, 0.15) is 19.3 Å². The van der Waals surface area contributed by atoms with Gasteiger partial charge in [-0.05, 0) is 24.7 Å². The highest BCUT2D eigenvalue weighted by atomic mass is 35.5. The van der Waals surface area contributed by atoms with E-state index in [-0.39, 0.29) is 0 Å². The first-order valence-electron chi connectivity index (χ1n) is 4.33. The van der Waals surface area contributed by atoms with E-state index in [1.165, 1.54) is 12.8 Å². The maximum atomic E-state index is 8.78. The Kier molecular flexibility index (Phi) is 3.56. The van der Waals surface area contributed by atoms with Gasteiger partial charge in [0.15, 0.2) is 0 Å². The molecule has 0 saturated heterocycles. The largest absolute Gasteiger partial charge is 0.396 e. The summed E-state index contributed by atoms with van der Waals surface area (Å²) in [6, 6.07) is 0. The molecule has 1 aliphatic carbocycles. The Hall–Kier alpha value is -0.0500. The van der Waals surface area contributed by atoms with Gasteiger partial charge in [0.25, 0.3) is 0 Å². The summed E-state index contributed by atoms with van der Waals surface area (Å²) in [5, 5.41) is 12.7. The first kappa shape index (κ1) is 10.0. The van der Waals surface area contributed by atoms with Crippen LogP contribution in [-0.4, -0.2) is 24.8 Å². The van der Waals surface area contributed by atoms with Crippen molar-refractivity contribution in [3.05, 3.63) is 11.6 Å². The molecule has 1 saturated carbocycles. The van der Waals surface area contributed by atoms with Crippen molar-refractivity contribution >= 4 is 11.6 Å². The molecule has 0 atom stereocenters. The predicted molar refractivity (Wildman–Crippen MR) is 51.2 cm³/mol. The standard InChI is InChI=1S/C9H16ClNO/c1-8(10)6-11-7-9(2-3-9)4-5-12/h11-12H,1-7H2. The molecule has 70 valence electrons. The number of nitrogens with one attached hydrogen (secondary N) is 1. The van der Waals surface area contributed by atoms with Crippen LogP contribution in [0.5, 0.6) is 0 Å². The minimum absolute atomic E-state index is 0.295. The minimum atomic E-state index is 0.295. The first-order valence-corrected chi connectivity index (χ1v) is 4.71. The molecule has 0 aromatic carbocycles. The normalized spacial score (nSPS) is 19.2. The summed E-state index contributed by atoms with van der Waals surface area (Å²) in [5.41, 5.74) is 0.376. The maximum Gasteiger partial charge on any atom is 0.0436 e. The third-order valence-electron chi connectivity index (χ3n) is 2.42. The van der Waals surface area contributed by atoms with Gasteiger partial charge in [0, 0.05) is 24.7 Å². The van der Waals surface area contributed by atoms with Gasteiger partial charge in [0.05, 0.1) is 0 Å². The Bertz CT molecular complexity index is 166. The average Bonchev–Trinajstić information content (AvgIpc) is 2.69. The summed E-state index contributed by atoms with van der Waals surface area (Å²) in [4.78, 5) is 0. The summed E-state index contributed by atoms with van der Waals surface area (Å²) in [7, 11) is 0. The molecule has 12 heavy (non-hydrogen) atoms. The third kappa shape index (κ3) is 3.13. The predicted octanol–water partition coefficient (Wildman–Crippen LogP) is 1.49. The van der Waals surface area contributed by atoms with Crippen LogP contribution >= 0.6 is 11.6 Å². The lowest BCUT2D eigenvalue weighted by Gasteiger charge is -2.13. The van der Waals surface area contributed by atoms with E-state index in [1.54, 1.807) is 0 Å². The molecule has 2 N–H and O–H groups in total. The van der Waals surface area contributed by atoms with E-state index in [2.05, 4.69) is 11.9 Å². The molecular weight excluding hydrogens is 174 g/mol. The van der Waals surface area contributed by atoms with Gasteiger partial charge in [0.2, 0.25) is 0 Å². The van der Waals surface area contributed by atoms with Crippen molar-refractivity contribution in [2.75, 3.05) is 19.7 Å². The average molecular weight is 190 g/mol. The lowest BCUT2D eigenvalue weighted by Crippen LogP contribution is -2.25. The molecule has 0 radical (unpaired) electrons. The molecule has 1 rings (SSSR count). The molecule has 0 bridgehead atoms. The fraction of sp³-hybridized carbons (Fsp3) is 0.778. The Morgan fingerprint density at radius 1 is 1.58 bits per heavy atom. The number of aliphatic hydroxyl groups excluding tert-OH is 1. The van der Waals surface area contributed by atoms with E-state index in [9.17, 15) is 0 Å². The molecule has 2 nitrogen and oxygen atoms in total. The Morgan fingerprint density at radius 3 is 2.67 bits per heavy atom. The van der Waals surface area contributed by atoms with Crippen LogP contribution in [0.25, 0.3) is 0 Å². The summed E-state index contributed by atoms with van der Waals surface area (Å²) < 4.78 is 0. The molecular formula is C9H16ClNO. The molecule has 0 aromatic heterocycles. The van der Waals surface area contributed by atoms with Crippen LogP contribution < -0.4 is 5.32 Å². The fourth-order valence-electron chi connectivity index (χ4n) is 1.39. The molecule has 0 unspecified atom stereocenters. The highest BCUT2D eigenvalue weighted by Crippen LogP contribution is 2.47. The van der Waals surface area contributed by atoms with E-state index in [0.717, 1.165) is 13.0 Å². The van der Waals surface area contributed by atoms with Crippen LogP contribution in [-0.2, 0) is 0 Å². The second kappa shape index (κ2) is 4.26. The second-order valence-corrected chi connectivity index (χ2v) is 4.13. The Balaban J connectivity index is 2.09. The van der Waals surface area contributed by atoms with Gasteiger partial charge >= 0.3 is 0 Å². The first-order chi connectivity index (χ1) is 5.68. The van der Waals surface area contributed by atoms with Gasteiger partial charge in [-0.2, -0.15) is 0 Å². The number of halogens is 1. The van der Waals surface area contributed by atoms with Crippen LogP contribution in [0.4, 0.5) is 0 Å². The van der Waals surface area contributed by atoms with Crippen LogP contribution in [0.2, 0.25) is 0 Å². The molecule has 1 aliphatic rings. The van der Waals surface area contributed by atoms with Crippen molar-refractivity contribution in [2.24, 2.45) is 5.41 Å². The lowest BCUT2D eigenvalue weighted by molar-refractivity contribution is 0.246. The summed E-state index contributed by atoms with van der Waals surface area (Å²) in [5.74, 6) is 0. The number of aliphatic hydroxyl groups is 1. The van der Waals surface area contributed by atoms with Gasteiger partial charge in [-0.1, -0.05) is 18.2 Å². The molecule has 3 heteroatoms. The Morgan fingerprint density at radius 2 is 2.25 bits per heavy atom. The third-order valence-corrected chi connectivity index (χ3v) is 2.55. The number of rotatable bonds is 6. The van der Waals surface area contributed by atoms with E-state index in [4.69, 9.17) is 16.7 Å². The molecule has 0 aliphatic heterocycles. The van der Waals surface area contributed by atoms with Crippen molar-refractivity contribution in [2.45, 2.75) is 19.3 Å². The second-order valence-electron chi connectivity index (χ2n) is 3.59. The molecule has 0 amide bonds. The monoisotopic (exact) mass is 189 g/mol. The van der Waals surface area contributed by atoms with Crippen molar-refractivity contribution in [1.29, 1.82) is 0 Å². The van der Waals surface area contributed by atoms with Crippen molar-refractivity contribution in [1.82, 2.24) is 5.32 Å². The maximum absolute atomic E-state index is 8.78. The highest BCUT2D eigenvalue weighted by molar-refractivity contribution is 6.29. The van der Waals surface area contributed by atoms with Gasteiger partial charge in [-0.15, -0.1) is 0 Å². The molecule has 0 spiro atoms. The van der Waals surface area contributed by atoms with Crippen molar-refractivity contribution in [3.8, 4) is 0 Å². The minimum Gasteiger partial charge on any atom is -0.396 e.